The molecule has 2 N–H and O–H groups in total. The van der Waals surface area contributed by atoms with E-state index in [1.165, 1.54) is 6.07 Å². The highest BCUT2D eigenvalue weighted by Crippen LogP contribution is 2.11. The third kappa shape index (κ3) is 3.17. The van der Waals surface area contributed by atoms with Gasteiger partial charge in [-0.05, 0) is 17.7 Å². The molecule has 1 saturated heterocycles. The Morgan fingerprint density at radius 2 is 2.29 bits per heavy atom. The van der Waals surface area contributed by atoms with Crippen LogP contribution in [-0.2, 0) is 11.3 Å². The van der Waals surface area contributed by atoms with Gasteiger partial charge in [0.1, 0.15) is 0 Å². The van der Waals surface area contributed by atoms with E-state index < -0.39 is 11.6 Å². The molecule has 2 rings (SSSR count). The Labute approximate surface area is 102 Å². The normalized spacial score (nSPS) is 19.3. The molecule has 0 saturated carbocycles. The molecule has 0 bridgehead atoms. The number of carbonyl (C=O) groups excluding carboxylic acids is 1. The molecule has 1 atom stereocenters. The standard InChI is InChI=1S/C11H12F2N2OS/c12-8-2-1-7(3-9(8)13)4-14-11(16)10-5-17-6-15-10/h1-3,10,15H,4-6H2,(H,14,16). The van der Waals surface area contributed by atoms with E-state index in [0.717, 1.165) is 23.8 Å². The van der Waals surface area contributed by atoms with Gasteiger partial charge in [0, 0.05) is 18.2 Å². The molecule has 0 spiro atoms. The molecule has 3 nitrogen and oxygen atoms in total. The highest BCUT2D eigenvalue weighted by atomic mass is 32.2. The van der Waals surface area contributed by atoms with Gasteiger partial charge in [-0.25, -0.2) is 8.78 Å². The Bertz CT molecular complexity index is 422. The smallest absolute Gasteiger partial charge is 0.238 e. The van der Waals surface area contributed by atoms with Crippen LogP contribution >= 0.6 is 11.8 Å². The Hall–Kier alpha value is -1.14. The monoisotopic (exact) mass is 258 g/mol. The van der Waals surface area contributed by atoms with E-state index in [9.17, 15) is 13.6 Å². The number of thioether (sulfide) groups is 1. The summed E-state index contributed by atoms with van der Waals surface area (Å²) in [6.45, 7) is 0.207. The molecule has 1 unspecified atom stereocenters. The van der Waals surface area contributed by atoms with Crippen LogP contribution in [0.2, 0.25) is 0 Å². The number of carbonyl (C=O) groups is 1. The fraction of sp³-hybridized carbons (Fsp3) is 0.364. The van der Waals surface area contributed by atoms with E-state index in [2.05, 4.69) is 10.6 Å². The summed E-state index contributed by atoms with van der Waals surface area (Å²) < 4.78 is 25.6. The van der Waals surface area contributed by atoms with Crippen molar-refractivity contribution in [3.05, 3.63) is 35.4 Å². The van der Waals surface area contributed by atoms with Gasteiger partial charge in [-0.15, -0.1) is 11.8 Å². The van der Waals surface area contributed by atoms with Crippen molar-refractivity contribution >= 4 is 17.7 Å². The van der Waals surface area contributed by atoms with Crippen molar-refractivity contribution in [3.8, 4) is 0 Å². The number of nitrogens with one attached hydrogen (secondary N) is 2. The van der Waals surface area contributed by atoms with E-state index in [1.54, 1.807) is 11.8 Å². The minimum absolute atomic E-state index is 0.111. The van der Waals surface area contributed by atoms with Crippen molar-refractivity contribution in [2.75, 3.05) is 11.6 Å². The van der Waals surface area contributed by atoms with Gasteiger partial charge in [-0.3, -0.25) is 10.1 Å². The summed E-state index contributed by atoms with van der Waals surface area (Å²) in [5.41, 5.74) is 0.544. The second-order valence-electron chi connectivity index (χ2n) is 3.74. The Kier molecular flexibility index (Phi) is 3.96. The lowest BCUT2D eigenvalue weighted by molar-refractivity contribution is -0.122. The SMILES string of the molecule is O=C(NCc1ccc(F)c(F)c1)C1CSCN1. The van der Waals surface area contributed by atoms with Gasteiger partial charge in [0.25, 0.3) is 0 Å². The van der Waals surface area contributed by atoms with Gasteiger partial charge in [-0.2, -0.15) is 0 Å². The molecule has 6 heteroatoms. The first kappa shape index (κ1) is 12.3. The average Bonchev–Trinajstić information content (AvgIpc) is 2.84. The summed E-state index contributed by atoms with van der Waals surface area (Å²) in [5.74, 6) is -0.382. The molecular formula is C11H12F2N2OS. The maximum Gasteiger partial charge on any atom is 0.238 e. The molecule has 1 fully saturated rings. The zero-order valence-corrected chi connectivity index (χ0v) is 9.82. The van der Waals surface area contributed by atoms with Crippen LogP contribution in [0.5, 0.6) is 0 Å². The number of benzene rings is 1. The number of amides is 1. The van der Waals surface area contributed by atoms with Gasteiger partial charge in [0.2, 0.25) is 5.91 Å². The summed E-state index contributed by atoms with van der Waals surface area (Å²) in [7, 11) is 0. The Balaban J connectivity index is 1.88. The number of hydrogen-bond acceptors (Lipinski definition) is 3. The van der Waals surface area contributed by atoms with Crippen molar-refractivity contribution in [2.24, 2.45) is 0 Å². The molecule has 1 aliphatic heterocycles. The molecule has 0 radical (unpaired) electrons. The van der Waals surface area contributed by atoms with Crippen molar-refractivity contribution in [1.82, 2.24) is 10.6 Å². The van der Waals surface area contributed by atoms with Gasteiger partial charge in [0.05, 0.1) is 6.04 Å². The third-order valence-electron chi connectivity index (χ3n) is 2.48. The topological polar surface area (TPSA) is 41.1 Å². The van der Waals surface area contributed by atoms with Gasteiger partial charge in [0.15, 0.2) is 11.6 Å². The van der Waals surface area contributed by atoms with Crippen LogP contribution in [0.25, 0.3) is 0 Å². The van der Waals surface area contributed by atoms with Gasteiger partial charge in [-0.1, -0.05) is 6.07 Å². The molecule has 1 aromatic carbocycles. The van der Waals surface area contributed by atoms with Crippen molar-refractivity contribution in [2.45, 2.75) is 12.6 Å². The first-order valence-electron chi connectivity index (χ1n) is 5.19. The number of halogens is 2. The quantitative estimate of drug-likeness (QED) is 0.857. The largest absolute Gasteiger partial charge is 0.351 e. The van der Waals surface area contributed by atoms with E-state index >= 15 is 0 Å². The molecule has 0 aromatic heterocycles. The summed E-state index contributed by atoms with van der Waals surface area (Å²) in [5, 5.41) is 5.71. The average molecular weight is 258 g/mol. The second-order valence-corrected chi connectivity index (χ2v) is 4.77. The van der Waals surface area contributed by atoms with Crippen LogP contribution < -0.4 is 10.6 Å². The highest BCUT2D eigenvalue weighted by Gasteiger charge is 2.21. The molecule has 17 heavy (non-hydrogen) atoms. The lowest BCUT2D eigenvalue weighted by atomic mass is 10.2. The first-order valence-corrected chi connectivity index (χ1v) is 6.35. The van der Waals surface area contributed by atoms with E-state index in [4.69, 9.17) is 0 Å². The number of hydrogen-bond donors (Lipinski definition) is 2. The highest BCUT2D eigenvalue weighted by molar-refractivity contribution is 7.99. The van der Waals surface area contributed by atoms with E-state index in [1.807, 2.05) is 0 Å². The van der Waals surface area contributed by atoms with Gasteiger partial charge >= 0.3 is 0 Å². The fourth-order valence-electron chi connectivity index (χ4n) is 1.53. The number of rotatable bonds is 3. The van der Waals surface area contributed by atoms with E-state index in [-0.39, 0.29) is 18.5 Å². The summed E-state index contributed by atoms with van der Waals surface area (Å²) >= 11 is 1.66. The summed E-state index contributed by atoms with van der Waals surface area (Å²) in [6, 6.07) is 3.41. The van der Waals surface area contributed by atoms with Crippen LogP contribution in [0.3, 0.4) is 0 Å². The molecule has 92 valence electrons. The third-order valence-corrected chi connectivity index (χ3v) is 3.42. The first-order chi connectivity index (χ1) is 8.16. The molecule has 1 aromatic rings. The van der Waals surface area contributed by atoms with Crippen LogP contribution in [0.1, 0.15) is 5.56 Å². The predicted molar refractivity (Wildman–Crippen MR) is 62.5 cm³/mol. The Morgan fingerprint density at radius 3 is 2.94 bits per heavy atom. The molecular weight excluding hydrogens is 246 g/mol. The minimum Gasteiger partial charge on any atom is -0.351 e. The van der Waals surface area contributed by atoms with E-state index in [0.29, 0.717) is 5.56 Å². The van der Waals surface area contributed by atoms with Crippen molar-refractivity contribution in [1.29, 1.82) is 0 Å². The van der Waals surface area contributed by atoms with Crippen LogP contribution in [-0.4, -0.2) is 23.6 Å². The lowest BCUT2D eigenvalue weighted by Gasteiger charge is -2.10. The Morgan fingerprint density at radius 1 is 1.47 bits per heavy atom. The molecule has 1 heterocycles. The molecule has 1 amide bonds. The summed E-state index contributed by atoms with van der Waals surface area (Å²) in [4.78, 5) is 11.6. The zero-order chi connectivity index (χ0) is 12.3. The van der Waals surface area contributed by atoms with Crippen molar-refractivity contribution < 1.29 is 13.6 Å². The minimum atomic E-state index is -0.897. The predicted octanol–water partition coefficient (Wildman–Crippen LogP) is 1.24. The van der Waals surface area contributed by atoms with Crippen LogP contribution in [0.15, 0.2) is 18.2 Å². The lowest BCUT2D eigenvalue weighted by Crippen LogP contribution is -2.41. The maximum atomic E-state index is 12.9. The van der Waals surface area contributed by atoms with Crippen molar-refractivity contribution in [3.63, 3.8) is 0 Å². The summed E-state index contributed by atoms with van der Waals surface area (Å²) in [6.07, 6.45) is 0. The molecule has 0 aliphatic carbocycles. The van der Waals surface area contributed by atoms with Gasteiger partial charge < -0.3 is 5.32 Å². The maximum absolute atomic E-state index is 12.9. The zero-order valence-electron chi connectivity index (χ0n) is 9.00. The van der Waals surface area contributed by atoms with Crippen LogP contribution in [0.4, 0.5) is 8.78 Å². The van der Waals surface area contributed by atoms with Crippen LogP contribution in [0, 0.1) is 11.6 Å². The second kappa shape index (κ2) is 5.46. The molecule has 1 aliphatic rings. The fourth-order valence-corrected chi connectivity index (χ4v) is 2.47.